The fourth-order valence-corrected chi connectivity index (χ4v) is 1.17. The van der Waals surface area contributed by atoms with E-state index < -0.39 is 5.97 Å². The number of carboxylic acids is 1. The monoisotopic (exact) mass is 237 g/mol. The highest BCUT2D eigenvalue weighted by Gasteiger charge is 2.12. The average molecular weight is 237 g/mol. The molecule has 0 aromatic heterocycles. The SMILES string of the molecule is COc1ccc(C(=O)O)c(OCCN=[N+]=[N-])c1. The van der Waals surface area contributed by atoms with Crippen LogP contribution < -0.4 is 9.47 Å². The quantitative estimate of drug-likeness (QED) is 0.354. The van der Waals surface area contributed by atoms with Gasteiger partial charge in [0.15, 0.2) is 0 Å². The summed E-state index contributed by atoms with van der Waals surface area (Å²) >= 11 is 0. The van der Waals surface area contributed by atoms with Crippen molar-refractivity contribution >= 4 is 5.97 Å². The van der Waals surface area contributed by atoms with Gasteiger partial charge in [-0.3, -0.25) is 0 Å². The first-order valence-electron chi connectivity index (χ1n) is 4.74. The van der Waals surface area contributed by atoms with Crippen LogP contribution in [0.2, 0.25) is 0 Å². The van der Waals surface area contributed by atoms with E-state index in [9.17, 15) is 4.79 Å². The summed E-state index contributed by atoms with van der Waals surface area (Å²) in [7, 11) is 1.47. The molecule has 7 nitrogen and oxygen atoms in total. The molecule has 90 valence electrons. The molecule has 7 heteroatoms. The van der Waals surface area contributed by atoms with Crippen LogP contribution in [0.3, 0.4) is 0 Å². The van der Waals surface area contributed by atoms with Crippen LogP contribution in [0.5, 0.6) is 11.5 Å². The van der Waals surface area contributed by atoms with Gasteiger partial charge in [0.2, 0.25) is 0 Å². The van der Waals surface area contributed by atoms with E-state index in [4.69, 9.17) is 20.1 Å². The zero-order valence-electron chi connectivity index (χ0n) is 9.16. The maximum absolute atomic E-state index is 10.9. The van der Waals surface area contributed by atoms with Crippen molar-refractivity contribution in [3.05, 3.63) is 34.2 Å². The number of azide groups is 1. The Morgan fingerprint density at radius 2 is 2.35 bits per heavy atom. The van der Waals surface area contributed by atoms with Crippen LogP contribution >= 0.6 is 0 Å². The minimum Gasteiger partial charge on any atom is -0.497 e. The van der Waals surface area contributed by atoms with Crippen molar-refractivity contribution in [2.45, 2.75) is 0 Å². The second-order valence-corrected chi connectivity index (χ2v) is 2.97. The smallest absolute Gasteiger partial charge is 0.339 e. The molecular weight excluding hydrogens is 226 g/mol. The van der Waals surface area contributed by atoms with Crippen molar-refractivity contribution in [2.75, 3.05) is 20.3 Å². The second-order valence-electron chi connectivity index (χ2n) is 2.97. The van der Waals surface area contributed by atoms with Crippen molar-refractivity contribution in [3.8, 4) is 11.5 Å². The zero-order chi connectivity index (χ0) is 12.7. The summed E-state index contributed by atoms with van der Waals surface area (Å²) in [5.74, 6) is -0.412. The molecule has 0 atom stereocenters. The molecule has 0 fully saturated rings. The highest BCUT2D eigenvalue weighted by Crippen LogP contribution is 2.24. The molecule has 1 N–H and O–H groups in total. The van der Waals surface area contributed by atoms with Crippen LogP contribution in [0.15, 0.2) is 23.3 Å². The first-order valence-corrected chi connectivity index (χ1v) is 4.74. The van der Waals surface area contributed by atoms with E-state index in [1.165, 1.54) is 25.3 Å². The Morgan fingerprint density at radius 1 is 1.59 bits per heavy atom. The maximum Gasteiger partial charge on any atom is 0.339 e. The maximum atomic E-state index is 10.9. The molecule has 17 heavy (non-hydrogen) atoms. The Kier molecular flexibility index (Phi) is 4.65. The lowest BCUT2D eigenvalue weighted by Gasteiger charge is -2.09. The molecule has 0 saturated heterocycles. The van der Waals surface area contributed by atoms with E-state index in [2.05, 4.69) is 10.0 Å². The van der Waals surface area contributed by atoms with Crippen LogP contribution in [0, 0.1) is 0 Å². The van der Waals surface area contributed by atoms with Gasteiger partial charge in [0.05, 0.1) is 20.3 Å². The highest BCUT2D eigenvalue weighted by molar-refractivity contribution is 5.91. The van der Waals surface area contributed by atoms with Gasteiger partial charge in [0.25, 0.3) is 0 Å². The van der Waals surface area contributed by atoms with Crippen LogP contribution in [0.25, 0.3) is 10.4 Å². The Morgan fingerprint density at radius 3 is 2.94 bits per heavy atom. The number of aromatic carboxylic acids is 1. The predicted molar refractivity (Wildman–Crippen MR) is 59.5 cm³/mol. The number of hydrogen-bond acceptors (Lipinski definition) is 4. The minimum atomic E-state index is -1.09. The van der Waals surface area contributed by atoms with Gasteiger partial charge in [0.1, 0.15) is 17.1 Å². The van der Waals surface area contributed by atoms with Crippen molar-refractivity contribution in [2.24, 2.45) is 5.11 Å². The van der Waals surface area contributed by atoms with Crippen molar-refractivity contribution < 1.29 is 19.4 Å². The van der Waals surface area contributed by atoms with E-state index in [-0.39, 0.29) is 24.5 Å². The van der Waals surface area contributed by atoms with Crippen molar-refractivity contribution in [1.82, 2.24) is 0 Å². The molecule has 0 heterocycles. The first kappa shape index (κ1) is 12.7. The molecule has 0 aliphatic carbocycles. The number of carbonyl (C=O) groups is 1. The Hall–Kier alpha value is -2.40. The molecular formula is C10H11N3O4. The third-order valence-corrected chi connectivity index (χ3v) is 1.93. The molecule has 0 bridgehead atoms. The summed E-state index contributed by atoms with van der Waals surface area (Å²) in [6, 6.07) is 4.40. The number of nitrogens with zero attached hydrogens (tertiary/aromatic N) is 3. The van der Waals surface area contributed by atoms with Crippen LogP contribution in [0.1, 0.15) is 10.4 Å². The summed E-state index contributed by atoms with van der Waals surface area (Å²) < 4.78 is 10.2. The Bertz CT molecular complexity index is 455. The summed E-state index contributed by atoms with van der Waals surface area (Å²) in [5.41, 5.74) is 8.11. The zero-order valence-corrected chi connectivity index (χ0v) is 9.16. The second kappa shape index (κ2) is 6.24. The van der Waals surface area contributed by atoms with Gasteiger partial charge < -0.3 is 14.6 Å². The van der Waals surface area contributed by atoms with Crippen LogP contribution in [-0.2, 0) is 0 Å². The minimum absolute atomic E-state index is 0.0340. The molecule has 0 aliphatic heterocycles. The van der Waals surface area contributed by atoms with Gasteiger partial charge in [-0.25, -0.2) is 4.79 Å². The summed E-state index contributed by atoms with van der Waals surface area (Å²) in [5, 5.41) is 12.2. The number of methoxy groups -OCH3 is 1. The number of ether oxygens (including phenoxy) is 2. The predicted octanol–water partition coefficient (Wildman–Crippen LogP) is 2.08. The third kappa shape index (κ3) is 3.58. The van der Waals surface area contributed by atoms with E-state index in [0.29, 0.717) is 5.75 Å². The largest absolute Gasteiger partial charge is 0.497 e. The number of hydrogen-bond donors (Lipinski definition) is 1. The van der Waals surface area contributed by atoms with Crippen LogP contribution in [0.4, 0.5) is 0 Å². The summed E-state index contributed by atoms with van der Waals surface area (Å²) in [4.78, 5) is 13.5. The average Bonchev–Trinajstić information content (AvgIpc) is 2.34. The molecule has 0 spiro atoms. The standard InChI is InChI=1S/C10H11N3O4/c1-16-7-2-3-8(10(14)15)9(6-7)17-5-4-12-13-11/h2-3,6H,4-5H2,1H3,(H,14,15). The molecule has 1 aromatic carbocycles. The molecule has 0 saturated carbocycles. The normalized spacial score (nSPS) is 9.24. The molecule has 1 aromatic rings. The first-order chi connectivity index (χ1) is 8.19. The van der Waals surface area contributed by atoms with E-state index >= 15 is 0 Å². The Balaban J connectivity index is 2.85. The van der Waals surface area contributed by atoms with Crippen molar-refractivity contribution in [1.29, 1.82) is 0 Å². The summed E-state index contributed by atoms with van der Waals surface area (Å²) in [6.45, 7) is 0.240. The van der Waals surface area contributed by atoms with Crippen LogP contribution in [-0.4, -0.2) is 31.3 Å². The molecule has 0 aliphatic rings. The third-order valence-electron chi connectivity index (χ3n) is 1.93. The van der Waals surface area contributed by atoms with Gasteiger partial charge >= 0.3 is 5.97 Å². The van der Waals surface area contributed by atoms with Gasteiger partial charge in [-0.05, 0) is 17.7 Å². The molecule has 0 unspecified atom stereocenters. The van der Waals surface area contributed by atoms with E-state index in [0.717, 1.165) is 0 Å². The van der Waals surface area contributed by atoms with Gasteiger partial charge in [-0.15, -0.1) is 0 Å². The lowest BCUT2D eigenvalue weighted by molar-refractivity contribution is 0.0692. The number of carboxylic acid groups (broad SMARTS) is 1. The Labute approximate surface area is 97.2 Å². The fourth-order valence-electron chi connectivity index (χ4n) is 1.17. The highest BCUT2D eigenvalue weighted by atomic mass is 16.5. The van der Waals surface area contributed by atoms with E-state index in [1.807, 2.05) is 0 Å². The molecule has 0 radical (unpaired) electrons. The number of benzene rings is 1. The van der Waals surface area contributed by atoms with E-state index in [1.54, 1.807) is 0 Å². The summed E-state index contributed by atoms with van der Waals surface area (Å²) in [6.07, 6.45) is 0. The van der Waals surface area contributed by atoms with Gasteiger partial charge in [-0.1, -0.05) is 5.11 Å². The van der Waals surface area contributed by atoms with Gasteiger partial charge in [0, 0.05) is 11.0 Å². The molecule has 1 rings (SSSR count). The lowest BCUT2D eigenvalue weighted by Crippen LogP contribution is -2.06. The number of rotatable bonds is 6. The molecule has 0 amide bonds. The lowest BCUT2D eigenvalue weighted by atomic mass is 10.2. The topological polar surface area (TPSA) is 105 Å². The van der Waals surface area contributed by atoms with Crippen molar-refractivity contribution in [3.63, 3.8) is 0 Å². The van der Waals surface area contributed by atoms with Gasteiger partial charge in [-0.2, -0.15) is 0 Å². The fraction of sp³-hybridized carbons (Fsp3) is 0.300.